The van der Waals surface area contributed by atoms with E-state index in [4.69, 9.17) is 21.8 Å². The van der Waals surface area contributed by atoms with Gasteiger partial charge in [0.2, 0.25) is 11.7 Å². The zero-order chi connectivity index (χ0) is 27.5. The first-order chi connectivity index (χ1) is 18.9. The number of imidazole rings is 1. The molecule has 11 nitrogen and oxygen atoms in total. The lowest BCUT2D eigenvalue weighted by Gasteiger charge is -2.12. The molecular weight excluding hydrogens is 588 g/mol. The number of imide groups is 1. The molecule has 0 atom stereocenters. The fraction of sp³-hybridized carbons (Fsp3) is 0.231. The highest BCUT2D eigenvalue weighted by Gasteiger charge is 2.24. The molecule has 13 heteroatoms. The van der Waals surface area contributed by atoms with E-state index in [1.807, 2.05) is 42.5 Å². The summed E-state index contributed by atoms with van der Waals surface area (Å²) in [4.78, 5) is 29.2. The number of aryl methyl sites for hydroxylation is 1. The number of aromatic nitrogens is 6. The molecule has 200 valence electrons. The molecule has 3 aromatic heterocycles. The van der Waals surface area contributed by atoms with E-state index in [-0.39, 0.29) is 17.4 Å². The molecule has 4 N–H and O–H groups in total. The number of rotatable bonds is 9. The first kappa shape index (κ1) is 26.7. The van der Waals surface area contributed by atoms with Gasteiger partial charge in [0.05, 0.1) is 11.0 Å². The highest BCUT2D eigenvalue weighted by Crippen LogP contribution is 2.41. The number of hydrogen-bond donors (Lipinski definition) is 3. The zero-order valence-electron chi connectivity index (χ0n) is 20.9. The summed E-state index contributed by atoms with van der Waals surface area (Å²) in [5.41, 5.74) is 8.61. The SMILES string of the molecule is CCCCc1nc(Cl)c(C(=O)NC(=O)CN)n1Cc1ccc2oc(-c3ccccc3-c3nn[nH]n3)c(Br)c2c1. The van der Waals surface area contributed by atoms with Crippen LogP contribution in [0.1, 0.15) is 41.6 Å². The molecule has 0 aliphatic heterocycles. The Hall–Kier alpha value is -3.87. The molecule has 0 aliphatic carbocycles. The van der Waals surface area contributed by atoms with E-state index in [1.165, 1.54) is 0 Å². The van der Waals surface area contributed by atoms with Crippen molar-refractivity contribution < 1.29 is 14.0 Å². The summed E-state index contributed by atoms with van der Waals surface area (Å²) in [6.07, 6.45) is 2.44. The lowest BCUT2D eigenvalue weighted by atomic mass is 10.0. The van der Waals surface area contributed by atoms with E-state index in [0.717, 1.165) is 39.4 Å². The Balaban J connectivity index is 1.54. The maximum Gasteiger partial charge on any atom is 0.277 e. The third-order valence-corrected chi connectivity index (χ3v) is 7.25. The molecule has 3 heterocycles. The Bertz CT molecular complexity index is 1660. The second kappa shape index (κ2) is 11.5. The number of aromatic amines is 1. The minimum atomic E-state index is -0.642. The Morgan fingerprint density at radius 1 is 1.21 bits per heavy atom. The quantitative estimate of drug-likeness (QED) is 0.220. The van der Waals surface area contributed by atoms with Crippen LogP contribution in [0.4, 0.5) is 0 Å². The van der Waals surface area contributed by atoms with Crippen molar-refractivity contribution in [3.8, 4) is 22.7 Å². The van der Waals surface area contributed by atoms with Gasteiger partial charge in [0.1, 0.15) is 22.9 Å². The average Bonchev–Trinajstić information content (AvgIpc) is 3.66. The van der Waals surface area contributed by atoms with Crippen LogP contribution in [0, 0.1) is 0 Å². The first-order valence-corrected chi connectivity index (χ1v) is 13.4. The number of halogens is 2. The predicted molar refractivity (Wildman–Crippen MR) is 149 cm³/mol. The Morgan fingerprint density at radius 2 is 2.00 bits per heavy atom. The molecular formula is C26H24BrClN8O3. The van der Waals surface area contributed by atoms with Crippen molar-refractivity contribution in [3.05, 3.63) is 69.2 Å². The molecule has 0 spiro atoms. The molecule has 0 aliphatic rings. The van der Waals surface area contributed by atoms with Crippen LogP contribution in [0.25, 0.3) is 33.7 Å². The number of nitrogens with one attached hydrogen (secondary N) is 2. The summed E-state index contributed by atoms with van der Waals surface area (Å²) in [5, 5.41) is 17.5. The van der Waals surface area contributed by atoms with Crippen LogP contribution in [0.15, 0.2) is 51.4 Å². The van der Waals surface area contributed by atoms with Gasteiger partial charge in [-0.05, 0) is 45.3 Å². The largest absolute Gasteiger partial charge is 0.455 e. The summed E-state index contributed by atoms with van der Waals surface area (Å²) in [7, 11) is 0. The van der Waals surface area contributed by atoms with Gasteiger partial charge in [-0.15, -0.1) is 10.2 Å². The minimum absolute atomic E-state index is 0.0364. The standard InChI is InChI=1S/C26H24BrClN8O3/c1-2-3-8-19-30-24(28)22(26(38)31-20(37)12-29)36(19)13-14-9-10-18-17(11-14)21(27)23(39-18)15-6-4-5-7-16(15)25-32-34-35-33-25/h4-7,9-11H,2-3,8,12-13,29H2,1H3,(H,31,37,38)(H,32,33,34,35). The van der Waals surface area contributed by atoms with Gasteiger partial charge in [-0.1, -0.05) is 55.3 Å². The Labute approximate surface area is 236 Å². The number of nitrogens with two attached hydrogens (primary N) is 1. The molecule has 0 unspecified atom stereocenters. The summed E-state index contributed by atoms with van der Waals surface area (Å²) in [6, 6.07) is 13.4. The van der Waals surface area contributed by atoms with E-state index in [9.17, 15) is 9.59 Å². The minimum Gasteiger partial charge on any atom is -0.455 e. The molecule has 5 rings (SSSR count). The number of carbonyl (C=O) groups excluding carboxylic acids is 2. The van der Waals surface area contributed by atoms with Crippen LogP contribution in [0.5, 0.6) is 0 Å². The third kappa shape index (κ3) is 5.35. The van der Waals surface area contributed by atoms with E-state index in [1.54, 1.807) is 4.57 Å². The van der Waals surface area contributed by atoms with Crippen molar-refractivity contribution in [3.63, 3.8) is 0 Å². The van der Waals surface area contributed by atoms with E-state index in [2.05, 4.69) is 53.8 Å². The number of carbonyl (C=O) groups is 2. The number of amides is 2. The normalized spacial score (nSPS) is 11.3. The number of nitrogens with zero attached hydrogens (tertiary/aromatic N) is 5. The van der Waals surface area contributed by atoms with E-state index >= 15 is 0 Å². The van der Waals surface area contributed by atoms with Gasteiger partial charge in [-0.2, -0.15) is 5.21 Å². The predicted octanol–water partition coefficient (Wildman–Crippen LogP) is 4.50. The molecule has 0 radical (unpaired) electrons. The average molecular weight is 612 g/mol. The fourth-order valence-electron chi connectivity index (χ4n) is 4.34. The van der Waals surface area contributed by atoms with Crippen molar-refractivity contribution in [1.82, 2.24) is 35.5 Å². The molecule has 2 aromatic carbocycles. The summed E-state index contributed by atoms with van der Waals surface area (Å²) < 4.78 is 8.75. The van der Waals surface area contributed by atoms with Crippen LogP contribution in [-0.4, -0.2) is 48.5 Å². The van der Waals surface area contributed by atoms with Crippen LogP contribution >= 0.6 is 27.5 Å². The molecule has 0 saturated heterocycles. The third-order valence-electron chi connectivity index (χ3n) is 6.20. The maximum absolute atomic E-state index is 12.9. The lowest BCUT2D eigenvalue weighted by Crippen LogP contribution is -2.36. The summed E-state index contributed by atoms with van der Waals surface area (Å²) in [6.45, 7) is 2.06. The van der Waals surface area contributed by atoms with Crippen LogP contribution in [-0.2, 0) is 17.8 Å². The van der Waals surface area contributed by atoms with Crippen molar-refractivity contribution in [2.24, 2.45) is 5.73 Å². The monoisotopic (exact) mass is 610 g/mol. The van der Waals surface area contributed by atoms with E-state index < -0.39 is 11.8 Å². The zero-order valence-corrected chi connectivity index (χ0v) is 23.2. The Kier molecular flexibility index (Phi) is 7.87. The number of benzene rings is 2. The molecule has 2 amide bonds. The van der Waals surface area contributed by atoms with E-state index in [0.29, 0.717) is 36.0 Å². The molecule has 39 heavy (non-hydrogen) atoms. The van der Waals surface area contributed by atoms with Crippen molar-refractivity contribution in [1.29, 1.82) is 0 Å². The van der Waals surface area contributed by atoms with Crippen molar-refractivity contribution in [2.75, 3.05) is 6.54 Å². The fourth-order valence-corrected chi connectivity index (χ4v) is 5.23. The van der Waals surface area contributed by atoms with Crippen molar-refractivity contribution >= 4 is 50.3 Å². The number of hydrogen-bond acceptors (Lipinski definition) is 8. The number of tetrazole rings is 1. The van der Waals surface area contributed by atoms with Gasteiger partial charge in [-0.3, -0.25) is 14.9 Å². The van der Waals surface area contributed by atoms with Gasteiger partial charge >= 0.3 is 0 Å². The second-order valence-electron chi connectivity index (χ2n) is 8.80. The molecule has 0 fully saturated rings. The number of fused-ring (bicyclic) bond motifs is 1. The topological polar surface area (TPSA) is 158 Å². The smallest absolute Gasteiger partial charge is 0.277 e. The van der Waals surface area contributed by atoms with Gasteiger partial charge in [0, 0.05) is 29.5 Å². The van der Waals surface area contributed by atoms with Gasteiger partial charge in [0.15, 0.2) is 5.15 Å². The highest BCUT2D eigenvalue weighted by atomic mass is 79.9. The maximum atomic E-state index is 12.9. The summed E-state index contributed by atoms with van der Waals surface area (Å²) in [5.74, 6) is 0.493. The van der Waals surface area contributed by atoms with Gasteiger partial charge in [-0.25, -0.2) is 4.98 Å². The lowest BCUT2D eigenvalue weighted by molar-refractivity contribution is -0.118. The number of unbranched alkanes of at least 4 members (excludes halogenated alkanes) is 1. The van der Waals surface area contributed by atoms with Gasteiger partial charge in [0.25, 0.3) is 5.91 Å². The first-order valence-electron chi connectivity index (χ1n) is 12.2. The van der Waals surface area contributed by atoms with Crippen molar-refractivity contribution in [2.45, 2.75) is 32.7 Å². The summed E-state index contributed by atoms with van der Waals surface area (Å²) >= 11 is 10.1. The molecule has 0 saturated carbocycles. The van der Waals surface area contributed by atoms with Crippen LogP contribution in [0.3, 0.4) is 0 Å². The molecule has 5 aromatic rings. The molecule has 0 bridgehead atoms. The highest BCUT2D eigenvalue weighted by molar-refractivity contribution is 9.10. The second-order valence-corrected chi connectivity index (χ2v) is 9.95. The number of furan rings is 1. The Morgan fingerprint density at radius 3 is 2.72 bits per heavy atom. The number of H-pyrrole nitrogens is 1. The van der Waals surface area contributed by atoms with Crippen LogP contribution in [0.2, 0.25) is 5.15 Å². The van der Waals surface area contributed by atoms with Gasteiger partial charge < -0.3 is 14.7 Å². The van der Waals surface area contributed by atoms with Crippen LogP contribution < -0.4 is 11.1 Å².